The first kappa shape index (κ1) is 21.6. The van der Waals surface area contributed by atoms with Gasteiger partial charge in [-0.2, -0.15) is 0 Å². The van der Waals surface area contributed by atoms with Crippen LogP contribution in [0.25, 0.3) is 0 Å². The lowest BCUT2D eigenvalue weighted by Crippen LogP contribution is -2.12. The number of anilines is 2. The van der Waals surface area contributed by atoms with Crippen molar-refractivity contribution in [3.05, 3.63) is 67.8 Å². The Kier molecular flexibility index (Phi) is 7.02. The largest absolute Gasteiger partial charge is 0.393 e. The molecule has 0 aliphatic rings. The van der Waals surface area contributed by atoms with E-state index < -0.39 is 44.5 Å². The second-order valence-electron chi connectivity index (χ2n) is 5.42. The van der Waals surface area contributed by atoms with Gasteiger partial charge in [-0.1, -0.05) is 0 Å². The third kappa shape index (κ3) is 5.80. The van der Waals surface area contributed by atoms with E-state index in [1.165, 1.54) is 0 Å². The molecule has 0 spiro atoms. The molecule has 146 valence electrons. The van der Waals surface area contributed by atoms with E-state index in [-0.39, 0.29) is 17.4 Å². The van der Waals surface area contributed by atoms with Gasteiger partial charge in [-0.05, 0) is 13.8 Å². The summed E-state index contributed by atoms with van der Waals surface area (Å²) in [5, 5.41) is 23.3. The summed E-state index contributed by atoms with van der Waals surface area (Å²) in [5.41, 5.74) is 3.53. The molecule has 0 amide bonds. The minimum absolute atomic E-state index is 0.0195. The van der Waals surface area contributed by atoms with Gasteiger partial charge in [-0.15, -0.1) is 0 Å². The molecular weight excluding hydrogens is 376 g/mol. The van der Waals surface area contributed by atoms with Crippen molar-refractivity contribution in [3.63, 3.8) is 0 Å². The first-order chi connectivity index (χ1) is 12.4. The number of nitro groups is 2. The van der Waals surface area contributed by atoms with E-state index in [0.717, 1.165) is 6.07 Å². The summed E-state index contributed by atoms with van der Waals surface area (Å²) in [7, 11) is 0. The molecule has 0 atom stereocenters. The zero-order valence-electron chi connectivity index (χ0n) is 14.0. The van der Waals surface area contributed by atoms with E-state index in [4.69, 9.17) is 5.73 Å². The Morgan fingerprint density at radius 2 is 1.26 bits per heavy atom. The number of hydrogen-bond acceptors (Lipinski definition) is 6. The summed E-state index contributed by atoms with van der Waals surface area (Å²) < 4.78 is 50.3. The van der Waals surface area contributed by atoms with Gasteiger partial charge < -0.3 is 11.1 Å². The van der Waals surface area contributed by atoms with E-state index in [2.05, 4.69) is 5.32 Å². The smallest absolute Gasteiger partial charge is 0.295 e. The van der Waals surface area contributed by atoms with Gasteiger partial charge in [-0.25, -0.2) is 17.6 Å². The van der Waals surface area contributed by atoms with Gasteiger partial charge >= 0.3 is 0 Å². The Labute approximate surface area is 149 Å². The van der Waals surface area contributed by atoms with Crippen LogP contribution >= 0.6 is 0 Å². The summed E-state index contributed by atoms with van der Waals surface area (Å²) in [6, 6.07) is 2.28. The molecule has 0 aromatic heterocycles. The first-order valence-electron chi connectivity index (χ1n) is 7.22. The molecule has 2 aromatic carbocycles. The maximum absolute atomic E-state index is 12.8. The van der Waals surface area contributed by atoms with Crippen molar-refractivity contribution in [2.75, 3.05) is 11.1 Å². The molecule has 0 bridgehead atoms. The molecule has 2 aromatic rings. The lowest BCUT2D eigenvalue weighted by molar-refractivity contribution is -0.384. The van der Waals surface area contributed by atoms with Crippen molar-refractivity contribution in [1.82, 2.24) is 0 Å². The summed E-state index contributed by atoms with van der Waals surface area (Å²) in [5.74, 6) is -4.81. The number of nitrogens with one attached hydrogen (secondary N) is 1. The lowest BCUT2D eigenvalue weighted by Gasteiger charge is -2.10. The van der Waals surface area contributed by atoms with Gasteiger partial charge in [0.25, 0.3) is 11.4 Å². The van der Waals surface area contributed by atoms with Gasteiger partial charge in [0, 0.05) is 18.2 Å². The molecule has 0 aliphatic heterocycles. The van der Waals surface area contributed by atoms with Crippen LogP contribution in [0.15, 0.2) is 24.3 Å². The number of nitrogen functional groups attached to an aromatic ring is 1. The third-order valence-electron chi connectivity index (χ3n) is 2.95. The quantitative estimate of drug-likeness (QED) is 0.350. The van der Waals surface area contributed by atoms with Crippen molar-refractivity contribution < 1.29 is 27.4 Å². The molecule has 2 rings (SSSR count). The van der Waals surface area contributed by atoms with Crippen LogP contribution in [0.1, 0.15) is 13.8 Å². The fourth-order valence-corrected chi connectivity index (χ4v) is 1.82. The van der Waals surface area contributed by atoms with Crippen LogP contribution < -0.4 is 11.1 Å². The molecule has 0 unspecified atom stereocenters. The predicted octanol–water partition coefficient (Wildman–Crippen LogP) is 4.15. The number of nitro benzene ring substituents is 2. The molecule has 0 fully saturated rings. The predicted molar refractivity (Wildman–Crippen MR) is 89.2 cm³/mol. The average Bonchev–Trinajstić information content (AvgIpc) is 2.53. The van der Waals surface area contributed by atoms with E-state index in [1.54, 1.807) is 13.8 Å². The molecule has 0 heterocycles. The van der Waals surface area contributed by atoms with Crippen molar-refractivity contribution in [2.45, 2.75) is 19.9 Å². The molecule has 0 radical (unpaired) electrons. The number of rotatable bonds is 4. The van der Waals surface area contributed by atoms with Crippen molar-refractivity contribution in [2.24, 2.45) is 0 Å². The van der Waals surface area contributed by atoms with Crippen LogP contribution in [0.5, 0.6) is 0 Å². The Morgan fingerprint density at radius 3 is 1.70 bits per heavy atom. The highest BCUT2D eigenvalue weighted by molar-refractivity contribution is 5.62. The van der Waals surface area contributed by atoms with E-state index in [9.17, 15) is 37.8 Å². The maximum atomic E-state index is 12.8. The van der Waals surface area contributed by atoms with Crippen LogP contribution in [-0.4, -0.2) is 15.9 Å². The number of benzene rings is 2. The molecule has 27 heavy (non-hydrogen) atoms. The van der Waals surface area contributed by atoms with Crippen molar-refractivity contribution in [3.8, 4) is 0 Å². The zero-order valence-corrected chi connectivity index (χ0v) is 14.0. The monoisotopic (exact) mass is 390 g/mol. The lowest BCUT2D eigenvalue weighted by atomic mass is 10.2. The van der Waals surface area contributed by atoms with E-state index in [1.807, 2.05) is 0 Å². The maximum Gasteiger partial charge on any atom is 0.295 e. The standard InChI is InChI=1S/C9H10F2N2O2.C6H4F2N2O2/c1-5(2)12-8-3-6(10)7(11)4-9(8)13(14)15;7-3-1-5(9)6(10(11)12)2-4(3)8/h3-5,12H,1-2H3;1-2H,9H2. The zero-order chi connectivity index (χ0) is 20.9. The van der Waals surface area contributed by atoms with E-state index >= 15 is 0 Å². The SMILES string of the molecule is CC(C)Nc1cc(F)c(F)cc1[N+](=O)[O-].Nc1cc(F)c(F)cc1[N+](=O)[O-]. The van der Waals surface area contributed by atoms with Gasteiger partial charge in [0.15, 0.2) is 23.3 Å². The number of nitrogens with zero attached hydrogens (tertiary/aromatic N) is 2. The topological polar surface area (TPSA) is 124 Å². The Hall–Kier alpha value is -3.44. The average molecular weight is 390 g/mol. The fraction of sp³-hybridized carbons (Fsp3) is 0.200. The highest BCUT2D eigenvalue weighted by atomic mass is 19.2. The number of halogens is 4. The summed E-state index contributed by atoms with van der Waals surface area (Å²) >= 11 is 0. The normalized spacial score (nSPS) is 10.2. The van der Waals surface area contributed by atoms with Crippen LogP contribution in [0.2, 0.25) is 0 Å². The summed E-state index contributed by atoms with van der Waals surface area (Å²) in [6.45, 7) is 3.48. The number of nitrogens with two attached hydrogens (primary N) is 1. The second-order valence-corrected chi connectivity index (χ2v) is 5.42. The minimum Gasteiger partial charge on any atom is -0.393 e. The minimum atomic E-state index is -1.28. The third-order valence-corrected chi connectivity index (χ3v) is 2.95. The number of hydrogen-bond donors (Lipinski definition) is 2. The molecule has 0 aliphatic carbocycles. The summed E-state index contributed by atoms with van der Waals surface area (Å²) in [6.07, 6.45) is 0. The molecule has 8 nitrogen and oxygen atoms in total. The van der Waals surface area contributed by atoms with Crippen LogP contribution in [0.3, 0.4) is 0 Å². The Morgan fingerprint density at radius 1 is 0.852 bits per heavy atom. The summed E-state index contributed by atoms with van der Waals surface area (Å²) in [4.78, 5) is 19.0. The van der Waals surface area contributed by atoms with Crippen molar-refractivity contribution in [1.29, 1.82) is 0 Å². The Bertz CT molecular complexity index is 877. The second kappa shape index (κ2) is 8.78. The highest BCUT2D eigenvalue weighted by Gasteiger charge is 2.19. The molecule has 0 saturated carbocycles. The highest BCUT2D eigenvalue weighted by Crippen LogP contribution is 2.27. The van der Waals surface area contributed by atoms with Gasteiger partial charge in [0.2, 0.25) is 0 Å². The van der Waals surface area contributed by atoms with Gasteiger partial charge in [-0.3, -0.25) is 20.2 Å². The Balaban J connectivity index is 0.000000277. The molecular formula is C15H14F4N4O4. The first-order valence-corrected chi connectivity index (χ1v) is 7.22. The molecule has 12 heteroatoms. The van der Waals surface area contributed by atoms with Crippen LogP contribution in [0, 0.1) is 43.5 Å². The van der Waals surface area contributed by atoms with Gasteiger partial charge in [0.05, 0.1) is 22.0 Å². The fourth-order valence-electron chi connectivity index (χ4n) is 1.82. The van der Waals surface area contributed by atoms with Crippen molar-refractivity contribution >= 4 is 22.7 Å². The van der Waals surface area contributed by atoms with Crippen LogP contribution in [-0.2, 0) is 0 Å². The molecule has 0 saturated heterocycles. The van der Waals surface area contributed by atoms with E-state index in [0.29, 0.717) is 18.2 Å². The van der Waals surface area contributed by atoms with Crippen LogP contribution in [0.4, 0.5) is 40.3 Å². The van der Waals surface area contributed by atoms with Gasteiger partial charge in [0.1, 0.15) is 11.4 Å². The molecule has 3 N–H and O–H groups in total.